The minimum absolute atomic E-state index is 0.0431. The summed E-state index contributed by atoms with van der Waals surface area (Å²) < 4.78 is 0. The maximum atomic E-state index is 13.1. The molecule has 1 fully saturated rings. The Hall–Kier alpha value is -3.21. The zero-order chi connectivity index (χ0) is 19.0. The van der Waals surface area contributed by atoms with Crippen LogP contribution in [0.15, 0.2) is 61.2 Å². The van der Waals surface area contributed by atoms with Gasteiger partial charge in [-0.2, -0.15) is 0 Å². The second-order valence-corrected chi connectivity index (χ2v) is 6.84. The summed E-state index contributed by atoms with van der Waals surface area (Å²) in [7, 11) is 0. The first kappa shape index (κ1) is 17.2. The number of nitrogens with zero attached hydrogens (tertiary/aromatic N) is 2. The van der Waals surface area contributed by atoms with E-state index >= 15 is 0 Å². The predicted molar refractivity (Wildman–Crippen MR) is 101 cm³/mol. The third kappa shape index (κ3) is 2.85. The molecule has 1 atom stereocenters. The first-order chi connectivity index (χ1) is 13.1. The van der Waals surface area contributed by atoms with Crippen molar-refractivity contribution in [1.82, 2.24) is 9.80 Å². The van der Waals surface area contributed by atoms with E-state index in [-0.39, 0.29) is 30.3 Å². The third-order valence-corrected chi connectivity index (χ3v) is 5.23. The quantitative estimate of drug-likeness (QED) is 0.620. The molecule has 136 valence electrons. The Morgan fingerprint density at radius 1 is 1.07 bits per heavy atom. The number of imide groups is 1. The van der Waals surface area contributed by atoms with Crippen molar-refractivity contribution in [2.75, 3.05) is 13.1 Å². The lowest BCUT2D eigenvalue weighted by molar-refractivity contribution is 0.0671. The molecule has 0 N–H and O–H groups in total. The number of hydrogen-bond acceptors (Lipinski definition) is 3. The maximum Gasteiger partial charge on any atom is 0.261 e. The van der Waals surface area contributed by atoms with Crippen molar-refractivity contribution in [3.63, 3.8) is 0 Å². The van der Waals surface area contributed by atoms with Gasteiger partial charge in [0.25, 0.3) is 17.7 Å². The molecule has 5 nitrogen and oxygen atoms in total. The SMILES string of the molecule is C=CCN1C(=O)c2ccc(C(=O)N3CCCC3c3ccccc3)cc2C1=O. The number of amides is 3. The fourth-order valence-electron chi connectivity index (χ4n) is 3.92. The average molecular weight is 360 g/mol. The smallest absolute Gasteiger partial charge is 0.261 e. The van der Waals surface area contributed by atoms with Gasteiger partial charge in [-0.3, -0.25) is 19.3 Å². The fourth-order valence-corrected chi connectivity index (χ4v) is 3.92. The van der Waals surface area contributed by atoms with Gasteiger partial charge in [-0.1, -0.05) is 36.4 Å². The molecular formula is C22H20N2O3. The van der Waals surface area contributed by atoms with E-state index in [1.54, 1.807) is 18.2 Å². The van der Waals surface area contributed by atoms with Crippen LogP contribution in [0.5, 0.6) is 0 Å². The number of hydrogen-bond donors (Lipinski definition) is 0. The Morgan fingerprint density at radius 3 is 2.56 bits per heavy atom. The molecule has 2 aliphatic heterocycles. The molecule has 27 heavy (non-hydrogen) atoms. The van der Waals surface area contributed by atoms with Crippen LogP contribution in [0.2, 0.25) is 0 Å². The standard InChI is InChI=1S/C22H20N2O3/c1-2-12-24-21(26)17-11-10-16(14-18(17)22(24)27)20(25)23-13-6-9-19(23)15-7-4-3-5-8-15/h2-5,7-8,10-11,14,19H,1,6,9,12-13H2. The summed E-state index contributed by atoms with van der Waals surface area (Å²) >= 11 is 0. The zero-order valence-corrected chi connectivity index (χ0v) is 14.9. The Kier molecular flexibility index (Phi) is 4.36. The lowest BCUT2D eigenvalue weighted by Gasteiger charge is -2.25. The number of rotatable bonds is 4. The number of likely N-dealkylation sites (tertiary alicyclic amines) is 1. The highest BCUT2D eigenvalue weighted by Gasteiger charge is 2.36. The highest BCUT2D eigenvalue weighted by molar-refractivity contribution is 6.22. The van der Waals surface area contributed by atoms with E-state index < -0.39 is 0 Å². The van der Waals surface area contributed by atoms with Crippen LogP contribution in [0, 0.1) is 0 Å². The van der Waals surface area contributed by atoms with Crippen LogP contribution in [-0.2, 0) is 0 Å². The van der Waals surface area contributed by atoms with Gasteiger partial charge in [0.15, 0.2) is 0 Å². The highest BCUT2D eigenvalue weighted by atomic mass is 16.2. The summed E-state index contributed by atoms with van der Waals surface area (Å²) in [6.45, 7) is 4.43. The number of benzene rings is 2. The van der Waals surface area contributed by atoms with E-state index in [0.717, 1.165) is 23.3 Å². The molecule has 2 aromatic carbocycles. The second kappa shape index (κ2) is 6.83. The van der Waals surface area contributed by atoms with E-state index in [4.69, 9.17) is 0 Å². The molecule has 2 heterocycles. The van der Waals surface area contributed by atoms with Crippen molar-refractivity contribution >= 4 is 17.7 Å². The Morgan fingerprint density at radius 2 is 1.81 bits per heavy atom. The Labute approximate surface area is 157 Å². The molecular weight excluding hydrogens is 340 g/mol. The van der Waals surface area contributed by atoms with Crippen molar-refractivity contribution in [3.05, 3.63) is 83.4 Å². The molecule has 1 unspecified atom stereocenters. The van der Waals surface area contributed by atoms with Crippen LogP contribution in [0.4, 0.5) is 0 Å². The monoisotopic (exact) mass is 360 g/mol. The minimum Gasteiger partial charge on any atom is -0.332 e. The molecule has 0 saturated carbocycles. The summed E-state index contributed by atoms with van der Waals surface area (Å²) in [6, 6.07) is 14.8. The predicted octanol–water partition coefficient (Wildman–Crippen LogP) is 3.45. The first-order valence-corrected chi connectivity index (χ1v) is 9.09. The molecule has 1 saturated heterocycles. The molecule has 5 heteroatoms. The lowest BCUT2D eigenvalue weighted by atomic mass is 10.0. The molecule has 0 spiro atoms. The zero-order valence-electron chi connectivity index (χ0n) is 14.9. The van der Waals surface area contributed by atoms with E-state index in [0.29, 0.717) is 23.2 Å². The summed E-state index contributed by atoms with van der Waals surface area (Å²) in [5.41, 5.74) is 2.20. The number of fused-ring (bicyclic) bond motifs is 1. The van der Waals surface area contributed by atoms with Crippen LogP contribution in [0.3, 0.4) is 0 Å². The number of carbonyl (C=O) groups is 3. The van der Waals surface area contributed by atoms with Crippen molar-refractivity contribution < 1.29 is 14.4 Å². The molecule has 0 aromatic heterocycles. The summed E-state index contributed by atoms with van der Waals surface area (Å²) in [5.74, 6) is -0.811. The normalized spacial score (nSPS) is 18.7. The molecule has 2 aliphatic rings. The van der Waals surface area contributed by atoms with E-state index in [1.807, 2.05) is 35.2 Å². The largest absolute Gasteiger partial charge is 0.332 e. The van der Waals surface area contributed by atoms with Crippen molar-refractivity contribution in [2.45, 2.75) is 18.9 Å². The van der Waals surface area contributed by atoms with Crippen molar-refractivity contribution in [2.24, 2.45) is 0 Å². The molecule has 4 rings (SSSR count). The maximum absolute atomic E-state index is 13.1. The summed E-state index contributed by atoms with van der Waals surface area (Å²) in [5, 5.41) is 0. The summed E-state index contributed by atoms with van der Waals surface area (Å²) in [6.07, 6.45) is 3.38. The van der Waals surface area contributed by atoms with Gasteiger partial charge in [-0.05, 0) is 36.6 Å². The highest BCUT2D eigenvalue weighted by Crippen LogP contribution is 2.33. The van der Waals surface area contributed by atoms with Crippen LogP contribution in [0.1, 0.15) is 55.5 Å². The van der Waals surface area contributed by atoms with Crippen molar-refractivity contribution in [3.8, 4) is 0 Å². The van der Waals surface area contributed by atoms with Gasteiger partial charge in [0.2, 0.25) is 0 Å². The lowest BCUT2D eigenvalue weighted by Crippen LogP contribution is -2.30. The van der Waals surface area contributed by atoms with Crippen LogP contribution < -0.4 is 0 Å². The van der Waals surface area contributed by atoms with E-state index in [9.17, 15) is 14.4 Å². The summed E-state index contributed by atoms with van der Waals surface area (Å²) in [4.78, 5) is 41.0. The van der Waals surface area contributed by atoms with Crippen molar-refractivity contribution in [1.29, 1.82) is 0 Å². The van der Waals surface area contributed by atoms with E-state index in [2.05, 4.69) is 6.58 Å². The third-order valence-electron chi connectivity index (χ3n) is 5.23. The molecule has 0 aliphatic carbocycles. The van der Waals surface area contributed by atoms with Gasteiger partial charge >= 0.3 is 0 Å². The average Bonchev–Trinajstić information content (AvgIpc) is 3.28. The van der Waals surface area contributed by atoms with Gasteiger partial charge in [0, 0.05) is 18.7 Å². The molecule has 0 bridgehead atoms. The molecule has 3 amide bonds. The topological polar surface area (TPSA) is 57.7 Å². The van der Waals surface area contributed by atoms with Crippen LogP contribution in [-0.4, -0.2) is 40.6 Å². The Balaban J connectivity index is 1.63. The fraction of sp³-hybridized carbons (Fsp3) is 0.227. The second-order valence-electron chi connectivity index (χ2n) is 6.84. The first-order valence-electron chi connectivity index (χ1n) is 9.09. The number of carbonyl (C=O) groups excluding carboxylic acids is 3. The van der Waals surface area contributed by atoms with E-state index in [1.165, 1.54) is 6.08 Å². The molecule has 2 aromatic rings. The molecule has 0 radical (unpaired) electrons. The van der Waals surface area contributed by atoms with Gasteiger partial charge in [0.1, 0.15) is 0 Å². The van der Waals surface area contributed by atoms with Gasteiger partial charge < -0.3 is 4.90 Å². The minimum atomic E-state index is -0.370. The van der Waals surface area contributed by atoms with Gasteiger partial charge in [-0.15, -0.1) is 6.58 Å². The van der Waals surface area contributed by atoms with Gasteiger partial charge in [-0.25, -0.2) is 0 Å². The van der Waals surface area contributed by atoms with Gasteiger partial charge in [0.05, 0.1) is 17.2 Å². The Bertz CT molecular complexity index is 936. The van der Waals surface area contributed by atoms with Crippen LogP contribution in [0.25, 0.3) is 0 Å². The van der Waals surface area contributed by atoms with Crippen LogP contribution >= 0.6 is 0 Å².